The number of Topliss-reactive ketones (excluding diaryl/α,β-unsaturated/α-hetero) is 1. The molecule has 1 aliphatic heterocycles. The van der Waals surface area contributed by atoms with Gasteiger partial charge >= 0.3 is 0 Å². The number of nitrogens with one attached hydrogen (secondary N) is 1. The summed E-state index contributed by atoms with van der Waals surface area (Å²) in [6.45, 7) is 3.81. The fourth-order valence-electron chi connectivity index (χ4n) is 2.34. The van der Waals surface area contributed by atoms with Crippen molar-refractivity contribution >= 4 is 5.78 Å². The predicted octanol–water partition coefficient (Wildman–Crippen LogP) is 2.19. The molecule has 0 radical (unpaired) electrons. The highest BCUT2D eigenvalue weighted by Gasteiger charge is 2.23. The van der Waals surface area contributed by atoms with Crippen molar-refractivity contribution in [3.63, 3.8) is 0 Å². The first-order valence-corrected chi connectivity index (χ1v) is 6.12. The molecule has 0 aromatic heterocycles. The van der Waals surface area contributed by atoms with Crippen molar-refractivity contribution in [2.75, 3.05) is 20.2 Å². The molecule has 1 fully saturated rings. The molecule has 92 valence electrons. The second-order valence-electron chi connectivity index (χ2n) is 4.59. The first-order valence-electron chi connectivity index (χ1n) is 6.12. The number of methoxy groups -OCH3 is 1. The first-order chi connectivity index (χ1) is 8.22. The zero-order valence-electron chi connectivity index (χ0n) is 10.5. The Kier molecular flexibility index (Phi) is 3.79. The van der Waals surface area contributed by atoms with Crippen LogP contribution in [-0.4, -0.2) is 26.0 Å². The number of rotatable bonds is 3. The van der Waals surface area contributed by atoms with E-state index in [1.807, 2.05) is 25.1 Å². The highest BCUT2D eigenvalue weighted by atomic mass is 16.5. The maximum absolute atomic E-state index is 12.3. The predicted molar refractivity (Wildman–Crippen MR) is 67.7 cm³/mol. The Morgan fingerprint density at radius 3 is 2.88 bits per heavy atom. The van der Waals surface area contributed by atoms with Crippen molar-refractivity contribution < 1.29 is 9.53 Å². The zero-order valence-corrected chi connectivity index (χ0v) is 10.5. The molecule has 0 unspecified atom stereocenters. The van der Waals surface area contributed by atoms with Gasteiger partial charge in [0.25, 0.3) is 0 Å². The second kappa shape index (κ2) is 5.32. The van der Waals surface area contributed by atoms with E-state index in [1.165, 1.54) is 0 Å². The van der Waals surface area contributed by atoms with Gasteiger partial charge in [-0.1, -0.05) is 0 Å². The molecule has 1 heterocycles. The molecule has 0 saturated carbocycles. The van der Waals surface area contributed by atoms with Gasteiger partial charge in [-0.25, -0.2) is 0 Å². The highest BCUT2D eigenvalue weighted by Crippen LogP contribution is 2.22. The van der Waals surface area contributed by atoms with Gasteiger partial charge in [0.05, 0.1) is 7.11 Å². The molecule has 0 spiro atoms. The van der Waals surface area contributed by atoms with Crippen LogP contribution in [0, 0.1) is 12.8 Å². The Morgan fingerprint density at radius 2 is 2.29 bits per heavy atom. The molecular formula is C14H19NO2. The van der Waals surface area contributed by atoms with Crippen molar-refractivity contribution in [1.29, 1.82) is 0 Å². The largest absolute Gasteiger partial charge is 0.497 e. The smallest absolute Gasteiger partial charge is 0.167 e. The minimum atomic E-state index is 0.135. The molecule has 3 nitrogen and oxygen atoms in total. The summed E-state index contributed by atoms with van der Waals surface area (Å²) in [6.07, 6.45) is 2.09. The Morgan fingerprint density at radius 1 is 1.47 bits per heavy atom. The number of hydrogen-bond acceptors (Lipinski definition) is 3. The van der Waals surface area contributed by atoms with Crippen molar-refractivity contribution in [3.05, 3.63) is 29.3 Å². The third-order valence-corrected chi connectivity index (χ3v) is 3.37. The average molecular weight is 233 g/mol. The summed E-state index contributed by atoms with van der Waals surface area (Å²) in [5.74, 6) is 1.20. The van der Waals surface area contributed by atoms with Crippen molar-refractivity contribution in [1.82, 2.24) is 5.32 Å². The van der Waals surface area contributed by atoms with Gasteiger partial charge in [0, 0.05) is 18.0 Å². The van der Waals surface area contributed by atoms with Crippen LogP contribution in [0.5, 0.6) is 5.75 Å². The molecule has 1 aliphatic rings. The summed E-state index contributed by atoms with van der Waals surface area (Å²) in [6, 6.07) is 5.66. The molecule has 0 amide bonds. The average Bonchev–Trinajstić information content (AvgIpc) is 2.39. The van der Waals surface area contributed by atoms with Gasteiger partial charge in [-0.2, -0.15) is 0 Å². The molecule has 1 saturated heterocycles. The third kappa shape index (κ3) is 2.67. The van der Waals surface area contributed by atoms with Crippen LogP contribution < -0.4 is 10.1 Å². The van der Waals surface area contributed by atoms with E-state index in [1.54, 1.807) is 7.11 Å². The highest BCUT2D eigenvalue weighted by molar-refractivity contribution is 5.99. The van der Waals surface area contributed by atoms with Crippen LogP contribution in [0.2, 0.25) is 0 Å². The van der Waals surface area contributed by atoms with Gasteiger partial charge in [0.1, 0.15) is 5.75 Å². The lowest BCUT2D eigenvalue weighted by atomic mass is 9.89. The summed E-state index contributed by atoms with van der Waals surface area (Å²) < 4.78 is 5.15. The zero-order chi connectivity index (χ0) is 12.3. The molecule has 17 heavy (non-hydrogen) atoms. The van der Waals surface area contributed by atoms with Gasteiger partial charge in [0.15, 0.2) is 5.78 Å². The molecule has 1 N–H and O–H groups in total. The minimum Gasteiger partial charge on any atom is -0.497 e. The van der Waals surface area contributed by atoms with E-state index >= 15 is 0 Å². The molecule has 1 aromatic rings. The molecule has 1 aromatic carbocycles. The lowest BCUT2D eigenvalue weighted by Gasteiger charge is -2.22. The molecule has 0 aliphatic carbocycles. The number of benzene rings is 1. The lowest BCUT2D eigenvalue weighted by molar-refractivity contribution is 0.0899. The molecular weight excluding hydrogens is 214 g/mol. The van der Waals surface area contributed by atoms with E-state index in [0.29, 0.717) is 0 Å². The van der Waals surface area contributed by atoms with Crippen LogP contribution in [0.3, 0.4) is 0 Å². The number of carbonyl (C=O) groups is 1. The lowest BCUT2D eigenvalue weighted by Crippen LogP contribution is -2.34. The number of piperidine rings is 1. The summed E-state index contributed by atoms with van der Waals surface area (Å²) in [4.78, 5) is 12.3. The molecule has 0 bridgehead atoms. The van der Waals surface area contributed by atoms with Crippen LogP contribution >= 0.6 is 0 Å². The van der Waals surface area contributed by atoms with E-state index in [2.05, 4.69) is 5.32 Å². The van der Waals surface area contributed by atoms with Crippen LogP contribution in [0.15, 0.2) is 18.2 Å². The Bertz CT molecular complexity index is 409. The maximum Gasteiger partial charge on any atom is 0.167 e. The molecule has 3 heteroatoms. The van der Waals surface area contributed by atoms with Crippen LogP contribution in [0.25, 0.3) is 0 Å². The van der Waals surface area contributed by atoms with Gasteiger partial charge in [0.2, 0.25) is 0 Å². The number of hydrogen-bond donors (Lipinski definition) is 1. The topological polar surface area (TPSA) is 38.3 Å². The van der Waals surface area contributed by atoms with Crippen molar-refractivity contribution in [2.45, 2.75) is 19.8 Å². The van der Waals surface area contributed by atoms with Crippen molar-refractivity contribution in [3.8, 4) is 5.75 Å². The Hall–Kier alpha value is -1.35. The van der Waals surface area contributed by atoms with E-state index in [0.717, 1.165) is 42.8 Å². The van der Waals surface area contributed by atoms with Gasteiger partial charge in [-0.3, -0.25) is 4.79 Å². The first kappa shape index (κ1) is 12.1. The summed E-state index contributed by atoms with van der Waals surface area (Å²) in [5, 5.41) is 3.28. The van der Waals surface area contributed by atoms with E-state index < -0.39 is 0 Å². The van der Waals surface area contributed by atoms with E-state index in [-0.39, 0.29) is 11.7 Å². The number of ketones is 1. The van der Waals surface area contributed by atoms with E-state index in [4.69, 9.17) is 4.74 Å². The molecule has 2 rings (SSSR count). The van der Waals surface area contributed by atoms with Gasteiger partial charge < -0.3 is 10.1 Å². The molecule has 1 atom stereocenters. The quantitative estimate of drug-likeness (QED) is 0.813. The van der Waals surface area contributed by atoms with Gasteiger partial charge in [-0.15, -0.1) is 0 Å². The summed E-state index contributed by atoms with van der Waals surface area (Å²) >= 11 is 0. The Balaban J connectivity index is 2.18. The van der Waals surface area contributed by atoms with Crippen LogP contribution in [0.4, 0.5) is 0 Å². The van der Waals surface area contributed by atoms with E-state index in [9.17, 15) is 4.79 Å². The normalized spacial score (nSPS) is 20.0. The number of carbonyl (C=O) groups excluding carboxylic acids is 1. The minimum absolute atomic E-state index is 0.135. The maximum atomic E-state index is 12.3. The van der Waals surface area contributed by atoms with Gasteiger partial charge in [-0.05, 0) is 50.1 Å². The second-order valence-corrected chi connectivity index (χ2v) is 4.59. The number of ether oxygens (including phenoxy) is 1. The number of aryl methyl sites for hydroxylation is 1. The summed E-state index contributed by atoms with van der Waals surface area (Å²) in [7, 11) is 1.64. The fraction of sp³-hybridized carbons (Fsp3) is 0.500. The summed E-state index contributed by atoms with van der Waals surface area (Å²) in [5.41, 5.74) is 1.83. The fourth-order valence-corrected chi connectivity index (χ4v) is 2.34. The Labute approximate surface area is 102 Å². The third-order valence-electron chi connectivity index (χ3n) is 3.37. The van der Waals surface area contributed by atoms with Crippen LogP contribution in [0.1, 0.15) is 28.8 Å². The monoisotopic (exact) mass is 233 g/mol. The van der Waals surface area contributed by atoms with Crippen LogP contribution in [-0.2, 0) is 0 Å². The SMILES string of the molecule is COc1ccc(C(=O)[C@@H]2CCCNC2)c(C)c1. The standard InChI is InChI=1S/C14H19NO2/c1-10-8-12(17-2)5-6-13(10)14(16)11-4-3-7-15-9-11/h5-6,8,11,15H,3-4,7,9H2,1-2H3/t11-/m1/s1. The van der Waals surface area contributed by atoms with Crippen molar-refractivity contribution in [2.24, 2.45) is 5.92 Å².